The predicted octanol–water partition coefficient (Wildman–Crippen LogP) is 4.07. The van der Waals surface area contributed by atoms with E-state index in [1.807, 2.05) is 6.07 Å². The third kappa shape index (κ3) is 3.51. The summed E-state index contributed by atoms with van der Waals surface area (Å²) >= 11 is 17.5. The zero-order chi connectivity index (χ0) is 17.1. The monoisotopic (exact) mass is 370 g/mol. The molecule has 116 valence electrons. The summed E-state index contributed by atoms with van der Waals surface area (Å²) in [6.45, 7) is 0. The Morgan fingerprint density at radius 1 is 1.30 bits per heavy atom. The molecule has 1 amide bonds. The van der Waals surface area contributed by atoms with Gasteiger partial charge in [-0.25, -0.2) is 4.98 Å². The minimum Gasteiger partial charge on any atom is -0.316 e. The molecule has 1 aromatic carbocycles. The maximum atomic E-state index is 12.3. The van der Waals surface area contributed by atoms with Crippen LogP contribution in [-0.2, 0) is 0 Å². The second-order valence-corrected chi connectivity index (χ2v) is 5.31. The first kappa shape index (κ1) is 17.0. The molecule has 0 saturated carbocycles. The summed E-state index contributed by atoms with van der Waals surface area (Å²) in [5, 5.41) is 21.7. The van der Waals surface area contributed by atoms with Crippen LogP contribution in [-0.4, -0.2) is 15.8 Å². The summed E-state index contributed by atoms with van der Waals surface area (Å²) in [4.78, 5) is 26.1. The van der Waals surface area contributed by atoms with Crippen molar-refractivity contribution in [1.29, 1.82) is 5.26 Å². The Kier molecular flexibility index (Phi) is 5.01. The van der Waals surface area contributed by atoms with E-state index in [1.165, 1.54) is 24.4 Å². The summed E-state index contributed by atoms with van der Waals surface area (Å²) in [6, 6.07) is 5.58. The number of rotatable bonds is 3. The Bertz CT molecular complexity index is 841. The number of pyridine rings is 1. The van der Waals surface area contributed by atoms with Crippen LogP contribution in [0.2, 0.25) is 15.2 Å². The first-order valence-corrected chi connectivity index (χ1v) is 6.98. The lowest BCUT2D eigenvalue weighted by Crippen LogP contribution is -2.15. The van der Waals surface area contributed by atoms with Gasteiger partial charge in [0.1, 0.15) is 5.69 Å². The van der Waals surface area contributed by atoms with E-state index >= 15 is 0 Å². The van der Waals surface area contributed by atoms with E-state index in [4.69, 9.17) is 40.1 Å². The number of carbonyl (C=O) groups is 1. The van der Waals surface area contributed by atoms with Gasteiger partial charge in [-0.15, -0.1) is 0 Å². The Labute approximate surface area is 144 Å². The van der Waals surface area contributed by atoms with Crippen LogP contribution in [0.4, 0.5) is 11.4 Å². The van der Waals surface area contributed by atoms with E-state index in [0.29, 0.717) is 0 Å². The number of nitriles is 1. The summed E-state index contributed by atoms with van der Waals surface area (Å²) in [5.41, 5.74) is -0.649. The lowest BCUT2D eigenvalue weighted by atomic mass is 10.1. The Balaban J connectivity index is 2.44. The second kappa shape index (κ2) is 6.79. The van der Waals surface area contributed by atoms with Crippen LogP contribution >= 0.6 is 34.8 Å². The van der Waals surface area contributed by atoms with E-state index in [0.717, 1.165) is 0 Å². The average Bonchev–Trinajstić information content (AvgIpc) is 2.45. The molecule has 1 aromatic heterocycles. The molecule has 2 aromatic rings. The average molecular weight is 372 g/mol. The van der Waals surface area contributed by atoms with Gasteiger partial charge in [0.05, 0.1) is 32.2 Å². The fourth-order valence-electron chi connectivity index (χ4n) is 1.74. The van der Waals surface area contributed by atoms with Crippen LogP contribution < -0.4 is 5.32 Å². The topological polar surface area (TPSA) is 109 Å². The van der Waals surface area contributed by atoms with Gasteiger partial charge < -0.3 is 5.32 Å². The van der Waals surface area contributed by atoms with E-state index in [9.17, 15) is 14.9 Å². The lowest BCUT2D eigenvalue weighted by molar-refractivity contribution is -0.384. The van der Waals surface area contributed by atoms with Crippen LogP contribution in [0.1, 0.15) is 15.9 Å². The van der Waals surface area contributed by atoms with Gasteiger partial charge in [-0.2, -0.15) is 5.26 Å². The number of nitrogens with one attached hydrogen (secondary N) is 1. The minimum absolute atomic E-state index is 0.0608. The van der Waals surface area contributed by atoms with Crippen LogP contribution in [0.15, 0.2) is 24.4 Å². The zero-order valence-electron chi connectivity index (χ0n) is 11.0. The van der Waals surface area contributed by atoms with Crippen molar-refractivity contribution in [2.75, 3.05) is 5.32 Å². The number of halogens is 3. The molecule has 0 bridgehead atoms. The van der Waals surface area contributed by atoms with E-state index < -0.39 is 16.5 Å². The number of aromatic nitrogens is 1. The molecule has 0 unspecified atom stereocenters. The van der Waals surface area contributed by atoms with Gasteiger partial charge in [-0.1, -0.05) is 34.8 Å². The Morgan fingerprint density at radius 3 is 2.43 bits per heavy atom. The van der Waals surface area contributed by atoms with Crippen molar-refractivity contribution < 1.29 is 9.72 Å². The van der Waals surface area contributed by atoms with Crippen molar-refractivity contribution in [1.82, 2.24) is 4.98 Å². The normalized spacial score (nSPS) is 10.0. The van der Waals surface area contributed by atoms with Gasteiger partial charge in [0.15, 0.2) is 0 Å². The molecular formula is C13H5Cl3N4O3. The number of hydrogen-bond acceptors (Lipinski definition) is 5. The molecule has 0 aliphatic heterocycles. The molecule has 0 aliphatic rings. The van der Waals surface area contributed by atoms with Crippen LogP contribution in [0, 0.1) is 21.4 Å². The number of nitro groups is 1. The first-order chi connectivity index (χ1) is 10.8. The molecule has 0 atom stereocenters. The number of hydrogen-bond donors (Lipinski definition) is 1. The number of carbonyl (C=O) groups excluding carboxylic acids is 1. The van der Waals surface area contributed by atoms with Gasteiger partial charge in [0.2, 0.25) is 5.15 Å². The molecule has 0 saturated heterocycles. The molecule has 0 radical (unpaired) electrons. The lowest BCUT2D eigenvalue weighted by Gasteiger charge is -2.09. The van der Waals surface area contributed by atoms with Crippen molar-refractivity contribution in [2.45, 2.75) is 0 Å². The minimum atomic E-state index is -0.783. The smallest absolute Gasteiger partial charge is 0.316 e. The summed E-state index contributed by atoms with van der Waals surface area (Å²) in [6.07, 6.45) is 1.20. The Morgan fingerprint density at radius 2 is 1.91 bits per heavy atom. The van der Waals surface area contributed by atoms with Gasteiger partial charge in [0.25, 0.3) is 5.91 Å². The summed E-state index contributed by atoms with van der Waals surface area (Å²) < 4.78 is 0. The van der Waals surface area contributed by atoms with Crippen molar-refractivity contribution in [3.8, 4) is 6.07 Å². The highest BCUT2D eigenvalue weighted by Crippen LogP contribution is 2.32. The predicted molar refractivity (Wildman–Crippen MR) is 85.0 cm³/mol. The number of benzene rings is 1. The molecule has 23 heavy (non-hydrogen) atoms. The van der Waals surface area contributed by atoms with E-state index in [-0.39, 0.29) is 32.0 Å². The maximum Gasteiger partial charge on any atom is 0.329 e. The number of anilines is 1. The van der Waals surface area contributed by atoms with Crippen molar-refractivity contribution in [3.63, 3.8) is 0 Å². The fourth-order valence-corrected chi connectivity index (χ4v) is 2.63. The van der Waals surface area contributed by atoms with Gasteiger partial charge in [-0.05, 0) is 18.2 Å². The SMILES string of the molecule is N#Cc1cc(Cl)c(C(=O)Nc2ccnc(Cl)c2[N+](=O)[O-])c(Cl)c1. The largest absolute Gasteiger partial charge is 0.329 e. The Hall–Kier alpha value is -2.40. The third-order valence-electron chi connectivity index (χ3n) is 2.71. The molecular weight excluding hydrogens is 367 g/mol. The van der Waals surface area contributed by atoms with E-state index in [1.54, 1.807) is 0 Å². The third-order valence-corrected chi connectivity index (χ3v) is 3.58. The fraction of sp³-hybridized carbons (Fsp3) is 0. The maximum absolute atomic E-state index is 12.3. The standard InChI is InChI=1S/C13H5Cl3N4O3/c14-7-3-6(5-17)4-8(15)10(7)13(21)19-9-1-2-18-12(16)11(9)20(22)23/h1-4H,(H,18,19,21). The molecule has 7 nitrogen and oxygen atoms in total. The van der Waals surface area contributed by atoms with Gasteiger partial charge >= 0.3 is 5.69 Å². The van der Waals surface area contributed by atoms with Crippen molar-refractivity contribution in [2.24, 2.45) is 0 Å². The van der Waals surface area contributed by atoms with Gasteiger partial charge in [-0.3, -0.25) is 14.9 Å². The van der Waals surface area contributed by atoms with Crippen molar-refractivity contribution in [3.05, 3.63) is 60.8 Å². The number of amides is 1. The number of nitrogens with zero attached hydrogens (tertiary/aromatic N) is 3. The van der Waals surface area contributed by atoms with Crippen LogP contribution in [0.25, 0.3) is 0 Å². The highest BCUT2D eigenvalue weighted by atomic mass is 35.5. The summed E-state index contributed by atoms with van der Waals surface area (Å²) in [7, 11) is 0. The van der Waals surface area contributed by atoms with Crippen LogP contribution in [0.5, 0.6) is 0 Å². The highest BCUT2D eigenvalue weighted by molar-refractivity contribution is 6.40. The first-order valence-electron chi connectivity index (χ1n) is 5.84. The molecule has 0 aliphatic carbocycles. The molecule has 10 heteroatoms. The highest BCUT2D eigenvalue weighted by Gasteiger charge is 2.23. The van der Waals surface area contributed by atoms with E-state index in [2.05, 4.69) is 10.3 Å². The van der Waals surface area contributed by atoms with Crippen molar-refractivity contribution >= 4 is 52.1 Å². The van der Waals surface area contributed by atoms with Crippen LogP contribution in [0.3, 0.4) is 0 Å². The molecule has 0 fully saturated rings. The molecule has 1 N–H and O–H groups in total. The molecule has 1 heterocycles. The quantitative estimate of drug-likeness (QED) is 0.497. The molecule has 0 spiro atoms. The van der Waals surface area contributed by atoms with Gasteiger partial charge in [0, 0.05) is 6.20 Å². The summed E-state index contributed by atoms with van der Waals surface area (Å²) in [5.74, 6) is -0.783. The molecule has 2 rings (SSSR count). The second-order valence-electron chi connectivity index (χ2n) is 4.14. The zero-order valence-corrected chi connectivity index (χ0v) is 13.3.